The van der Waals surface area contributed by atoms with Gasteiger partial charge in [-0.2, -0.15) is 0 Å². The van der Waals surface area contributed by atoms with Crippen LogP contribution in [0, 0.1) is 0 Å². The third-order valence-corrected chi connectivity index (χ3v) is 2.42. The summed E-state index contributed by atoms with van der Waals surface area (Å²) in [5, 5.41) is 2.82. The number of carbonyl (C=O) groups excluding carboxylic acids is 1. The van der Waals surface area contributed by atoms with Gasteiger partial charge >= 0.3 is 5.97 Å². The summed E-state index contributed by atoms with van der Waals surface area (Å²) in [5.74, 6) is -0.537. The van der Waals surface area contributed by atoms with Crippen LogP contribution in [0.2, 0.25) is 0 Å². The number of halogens is 2. The smallest absolute Gasteiger partial charge is 0.317 e. The van der Waals surface area contributed by atoms with Crippen molar-refractivity contribution in [3.63, 3.8) is 0 Å². The topological polar surface area (TPSA) is 38.7 Å². The van der Waals surface area contributed by atoms with Gasteiger partial charge in [-0.05, 0) is 5.56 Å². The van der Waals surface area contributed by atoms with Gasteiger partial charge in [0, 0.05) is 6.92 Å². The van der Waals surface area contributed by atoms with Crippen LogP contribution in [0.5, 0.6) is 0 Å². The number of hydrogen-bond acceptors (Lipinski definition) is 3. The fourth-order valence-electron chi connectivity index (χ4n) is 0.914. The first kappa shape index (κ1) is 12.0. The first-order chi connectivity index (χ1) is 7.11. The molecule has 80 valence electrons. The van der Waals surface area contributed by atoms with Crippen LogP contribution < -0.4 is 0 Å². The molecule has 0 N–H and O–H groups in total. The zero-order valence-corrected chi connectivity index (χ0v) is 9.50. The van der Waals surface area contributed by atoms with Gasteiger partial charge in [-0.25, -0.2) is 4.79 Å². The maximum Gasteiger partial charge on any atom is 0.332 e. The van der Waals surface area contributed by atoms with Crippen LogP contribution in [-0.2, 0) is 9.63 Å². The summed E-state index contributed by atoms with van der Waals surface area (Å²) in [4.78, 5) is 14.9. The molecular formula is C10H9Cl2NO2. The largest absolute Gasteiger partial charge is 0.332 e. The Morgan fingerprint density at radius 3 is 2.53 bits per heavy atom. The third-order valence-electron chi connectivity index (χ3n) is 1.56. The quantitative estimate of drug-likeness (QED) is 0.356. The molecule has 0 saturated heterocycles. The van der Waals surface area contributed by atoms with Crippen LogP contribution in [0.4, 0.5) is 0 Å². The van der Waals surface area contributed by atoms with Crippen molar-refractivity contribution in [2.24, 2.45) is 5.16 Å². The molecule has 0 bridgehead atoms. The highest BCUT2D eigenvalue weighted by molar-refractivity contribution is 6.70. The van der Waals surface area contributed by atoms with Crippen LogP contribution in [0.15, 0.2) is 35.5 Å². The summed E-state index contributed by atoms with van der Waals surface area (Å²) < 4.78 is 0. The highest BCUT2D eigenvalue weighted by Crippen LogP contribution is 2.23. The Morgan fingerprint density at radius 1 is 1.40 bits per heavy atom. The van der Waals surface area contributed by atoms with Crippen LogP contribution in [0.25, 0.3) is 0 Å². The van der Waals surface area contributed by atoms with Gasteiger partial charge in [0.15, 0.2) is 5.17 Å². The molecule has 0 heterocycles. The monoisotopic (exact) mass is 245 g/mol. The number of nitrogens with zero attached hydrogens (tertiary/aromatic N) is 1. The van der Waals surface area contributed by atoms with Crippen LogP contribution in [-0.4, -0.2) is 11.1 Å². The van der Waals surface area contributed by atoms with Crippen LogP contribution in [0.3, 0.4) is 0 Å². The Bertz CT molecular complexity index is 365. The Hall–Kier alpha value is -1.06. The average Bonchev–Trinajstić information content (AvgIpc) is 2.26. The molecular weight excluding hydrogens is 237 g/mol. The molecule has 3 nitrogen and oxygen atoms in total. The molecule has 1 aromatic carbocycles. The molecule has 0 saturated carbocycles. The molecule has 0 aliphatic heterocycles. The fraction of sp³-hybridized carbons (Fsp3) is 0.200. The van der Waals surface area contributed by atoms with Crippen molar-refractivity contribution >= 4 is 34.3 Å². The predicted octanol–water partition coefficient (Wildman–Crippen LogP) is 3.08. The lowest BCUT2D eigenvalue weighted by molar-refractivity contribution is -0.140. The summed E-state index contributed by atoms with van der Waals surface area (Å²) in [6.07, 6.45) is 0. The molecule has 0 aliphatic carbocycles. The van der Waals surface area contributed by atoms with E-state index in [1.54, 1.807) is 0 Å². The van der Waals surface area contributed by atoms with Crippen molar-refractivity contribution in [1.82, 2.24) is 0 Å². The van der Waals surface area contributed by atoms with Gasteiger partial charge in [-0.15, -0.1) is 11.6 Å². The molecule has 1 unspecified atom stereocenters. The van der Waals surface area contributed by atoms with E-state index < -0.39 is 11.3 Å². The lowest BCUT2D eigenvalue weighted by atomic mass is 10.2. The molecule has 1 aromatic rings. The van der Waals surface area contributed by atoms with Gasteiger partial charge in [0.05, 0.1) is 0 Å². The first-order valence-corrected chi connectivity index (χ1v) is 5.02. The van der Waals surface area contributed by atoms with Gasteiger partial charge in [0.1, 0.15) is 5.38 Å². The van der Waals surface area contributed by atoms with Gasteiger partial charge in [0.25, 0.3) is 0 Å². The second kappa shape index (κ2) is 5.73. The summed E-state index contributed by atoms with van der Waals surface area (Å²) in [5.41, 5.74) is 0.792. The summed E-state index contributed by atoms with van der Waals surface area (Å²) in [6, 6.07) is 9.15. The number of benzene rings is 1. The highest BCUT2D eigenvalue weighted by Gasteiger charge is 2.13. The molecule has 0 radical (unpaired) electrons. The Kier molecular flexibility index (Phi) is 4.59. The SMILES string of the molecule is CC(=O)O/N=C(/Cl)C(Cl)c1ccccc1. The van der Waals surface area contributed by atoms with Crippen molar-refractivity contribution in [2.45, 2.75) is 12.3 Å². The van der Waals surface area contributed by atoms with E-state index in [-0.39, 0.29) is 5.17 Å². The van der Waals surface area contributed by atoms with Crippen LogP contribution >= 0.6 is 23.2 Å². The number of carbonyl (C=O) groups is 1. The normalized spacial score (nSPS) is 13.4. The molecule has 5 heteroatoms. The molecule has 15 heavy (non-hydrogen) atoms. The number of alkyl halides is 1. The molecule has 0 amide bonds. The molecule has 0 fully saturated rings. The molecule has 0 aromatic heterocycles. The molecule has 0 aliphatic rings. The second-order valence-electron chi connectivity index (χ2n) is 2.77. The lowest BCUT2D eigenvalue weighted by Gasteiger charge is -2.06. The van der Waals surface area contributed by atoms with E-state index >= 15 is 0 Å². The van der Waals surface area contributed by atoms with E-state index in [1.807, 2.05) is 30.3 Å². The first-order valence-electron chi connectivity index (χ1n) is 4.21. The Balaban J connectivity index is 2.72. The minimum absolute atomic E-state index is 0.0260. The maximum atomic E-state index is 10.5. The van der Waals surface area contributed by atoms with E-state index in [0.717, 1.165) is 5.56 Å². The third kappa shape index (κ3) is 3.90. The summed E-state index contributed by atoms with van der Waals surface area (Å²) >= 11 is 11.7. The van der Waals surface area contributed by atoms with E-state index in [0.29, 0.717) is 0 Å². The summed E-state index contributed by atoms with van der Waals surface area (Å²) in [7, 11) is 0. The highest BCUT2D eigenvalue weighted by atomic mass is 35.5. The van der Waals surface area contributed by atoms with E-state index in [4.69, 9.17) is 23.2 Å². The zero-order valence-electron chi connectivity index (χ0n) is 7.98. The van der Waals surface area contributed by atoms with Crippen molar-refractivity contribution < 1.29 is 9.63 Å². The van der Waals surface area contributed by atoms with Crippen molar-refractivity contribution in [1.29, 1.82) is 0 Å². The Labute approximate surface area is 97.6 Å². The molecule has 0 spiro atoms. The van der Waals surface area contributed by atoms with E-state index in [2.05, 4.69) is 9.99 Å². The van der Waals surface area contributed by atoms with Gasteiger partial charge in [-0.3, -0.25) is 0 Å². The van der Waals surface area contributed by atoms with Gasteiger partial charge < -0.3 is 4.84 Å². The summed E-state index contributed by atoms with van der Waals surface area (Å²) in [6.45, 7) is 1.24. The number of oxime groups is 1. The maximum absolute atomic E-state index is 10.5. The minimum atomic E-state index is -0.604. The zero-order chi connectivity index (χ0) is 11.3. The van der Waals surface area contributed by atoms with Crippen molar-refractivity contribution in [3.8, 4) is 0 Å². The van der Waals surface area contributed by atoms with E-state index in [1.165, 1.54) is 6.92 Å². The standard InChI is InChI=1S/C10H9Cl2NO2/c1-7(14)15-13-10(12)9(11)8-5-3-2-4-6-8/h2-6,9H,1H3/b13-10+. The number of rotatable bonds is 3. The average molecular weight is 246 g/mol. The van der Waals surface area contributed by atoms with Crippen molar-refractivity contribution in [2.75, 3.05) is 0 Å². The predicted molar refractivity (Wildman–Crippen MR) is 60.1 cm³/mol. The second-order valence-corrected chi connectivity index (χ2v) is 3.59. The van der Waals surface area contributed by atoms with Crippen LogP contribution in [0.1, 0.15) is 17.9 Å². The number of hydrogen-bond donors (Lipinski definition) is 0. The Morgan fingerprint density at radius 2 is 2.00 bits per heavy atom. The molecule has 1 rings (SSSR count). The van der Waals surface area contributed by atoms with Crippen molar-refractivity contribution in [3.05, 3.63) is 35.9 Å². The van der Waals surface area contributed by atoms with Gasteiger partial charge in [0.2, 0.25) is 0 Å². The molecule has 1 atom stereocenters. The fourth-order valence-corrected chi connectivity index (χ4v) is 1.26. The van der Waals surface area contributed by atoms with Gasteiger partial charge in [-0.1, -0.05) is 47.1 Å². The minimum Gasteiger partial charge on any atom is -0.317 e. The lowest BCUT2D eigenvalue weighted by Crippen LogP contribution is -2.02. The van der Waals surface area contributed by atoms with E-state index in [9.17, 15) is 4.79 Å².